The quantitative estimate of drug-likeness (QED) is 0.451. The second kappa shape index (κ2) is 12.7. The average Bonchev–Trinajstić information content (AvgIpc) is 3.41. The highest BCUT2D eigenvalue weighted by Crippen LogP contribution is 2.34. The Bertz CT molecular complexity index is 1280. The van der Waals surface area contributed by atoms with Crippen LogP contribution in [-0.4, -0.2) is 63.2 Å². The lowest BCUT2D eigenvalue weighted by Gasteiger charge is -2.30. The van der Waals surface area contributed by atoms with Gasteiger partial charge in [-0.15, -0.1) is 0 Å². The maximum Gasteiger partial charge on any atom is 0.242 e. The number of rotatable bonds is 11. The predicted molar refractivity (Wildman–Crippen MR) is 150 cm³/mol. The summed E-state index contributed by atoms with van der Waals surface area (Å²) < 4.78 is 37.7. The van der Waals surface area contributed by atoms with Gasteiger partial charge in [0.25, 0.3) is 0 Å². The second-order valence-corrected chi connectivity index (χ2v) is 12.4. The van der Waals surface area contributed by atoms with Gasteiger partial charge in [-0.1, -0.05) is 42.7 Å². The summed E-state index contributed by atoms with van der Waals surface area (Å²) in [6, 6.07) is 12.4. The number of fused-ring (bicyclic) bond motifs is 1. The van der Waals surface area contributed by atoms with Crippen molar-refractivity contribution in [3.63, 3.8) is 0 Å². The number of nitrogens with one attached hydrogen (secondary N) is 1. The van der Waals surface area contributed by atoms with Crippen molar-refractivity contribution in [2.24, 2.45) is 0 Å². The zero-order valence-corrected chi connectivity index (χ0v) is 23.8. The molecule has 212 valence electrons. The molecule has 1 atom stereocenters. The lowest BCUT2D eigenvalue weighted by Crippen LogP contribution is -2.49. The molecule has 1 aliphatic carbocycles. The third kappa shape index (κ3) is 7.65. The molecule has 10 heteroatoms. The van der Waals surface area contributed by atoms with Gasteiger partial charge in [0, 0.05) is 31.6 Å². The number of amides is 2. The predicted octanol–water partition coefficient (Wildman–Crippen LogP) is 3.79. The number of hydrogen-bond donors (Lipinski definition) is 1. The highest BCUT2D eigenvalue weighted by Gasteiger charge is 2.29. The first-order chi connectivity index (χ1) is 18.6. The molecule has 9 nitrogen and oxygen atoms in total. The topological polar surface area (TPSA) is 105 Å². The van der Waals surface area contributed by atoms with Gasteiger partial charge >= 0.3 is 0 Å². The van der Waals surface area contributed by atoms with Crippen molar-refractivity contribution in [2.45, 2.75) is 71.0 Å². The number of ether oxygens (including phenoxy) is 2. The minimum absolute atomic E-state index is 0.101. The number of aryl methyl sites for hydroxylation is 1. The Kier molecular flexibility index (Phi) is 9.37. The fraction of sp³-hybridized carbons (Fsp3) is 0.517. The third-order valence-electron chi connectivity index (χ3n) is 7.27. The van der Waals surface area contributed by atoms with E-state index < -0.39 is 16.1 Å². The Morgan fingerprint density at radius 1 is 1.05 bits per heavy atom. The van der Waals surface area contributed by atoms with Crippen LogP contribution in [0.5, 0.6) is 11.5 Å². The van der Waals surface area contributed by atoms with Crippen LogP contribution in [0.1, 0.15) is 56.6 Å². The number of benzene rings is 2. The third-order valence-corrected chi connectivity index (χ3v) is 8.46. The van der Waals surface area contributed by atoms with Gasteiger partial charge < -0.3 is 19.7 Å². The summed E-state index contributed by atoms with van der Waals surface area (Å²) in [5.41, 5.74) is 2.47. The lowest BCUT2D eigenvalue weighted by atomic mass is 10.1. The number of carbonyl (C=O) groups excluding carboxylic acids is 2. The molecule has 39 heavy (non-hydrogen) atoms. The summed E-state index contributed by atoms with van der Waals surface area (Å²) in [5.74, 6) is 0.721. The zero-order valence-electron chi connectivity index (χ0n) is 23.0. The van der Waals surface area contributed by atoms with Gasteiger partial charge in [0.2, 0.25) is 21.8 Å². The van der Waals surface area contributed by atoms with Crippen LogP contribution in [0.25, 0.3) is 0 Å². The summed E-state index contributed by atoms with van der Waals surface area (Å²) in [4.78, 5) is 28.2. The molecule has 1 aliphatic heterocycles. The second-order valence-electron chi connectivity index (χ2n) is 10.4. The average molecular weight is 558 g/mol. The minimum Gasteiger partial charge on any atom is -0.486 e. The molecule has 2 aromatic rings. The summed E-state index contributed by atoms with van der Waals surface area (Å²) in [7, 11) is -3.61. The molecule has 0 radical (unpaired) electrons. The number of nitrogens with zero attached hydrogens (tertiary/aromatic N) is 2. The number of anilines is 1. The van der Waals surface area contributed by atoms with Gasteiger partial charge in [0.05, 0.1) is 11.9 Å². The molecule has 1 saturated carbocycles. The first-order valence-electron chi connectivity index (χ1n) is 13.6. The van der Waals surface area contributed by atoms with Crippen LogP contribution in [0.4, 0.5) is 5.69 Å². The molecule has 2 aliphatic rings. The van der Waals surface area contributed by atoms with Crippen molar-refractivity contribution in [1.29, 1.82) is 0 Å². The molecule has 1 heterocycles. The number of sulfonamides is 1. The van der Waals surface area contributed by atoms with Crippen molar-refractivity contribution >= 4 is 27.5 Å². The molecule has 2 amide bonds. The van der Waals surface area contributed by atoms with Crippen LogP contribution in [-0.2, 0) is 26.2 Å². The summed E-state index contributed by atoms with van der Waals surface area (Å²) in [6.07, 6.45) is 5.67. The van der Waals surface area contributed by atoms with E-state index in [1.807, 2.05) is 31.2 Å². The monoisotopic (exact) mass is 557 g/mol. The Labute approximate surface area is 231 Å². The van der Waals surface area contributed by atoms with E-state index in [1.165, 1.54) is 4.31 Å². The van der Waals surface area contributed by atoms with Crippen LogP contribution >= 0.6 is 0 Å². The first kappa shape index (κ1) is 28.7. The lowest BCUT2D eigenvalue weighted by molar-refractivity contribution is -0.141. The minimum atomic E-state index is -3.61. The van der Waals surface area contributed by atoms with Crippen LogP contribution in [0.15, 0.2) is 42.5 Å². The molecule has 2 aromatic carbocycles. The van der Waals surface area contributed by atoms with E-state index in [0.717, 1.165) is 43.1 Å². The normalized spacial score (nSPS) is 16.0. The SMILES string of the molecule is Cc1cccc(CN(C(=O)CCCN(c2ccc3c(c2)OCCO3)S(C)(=O)=O)C(C)C(=O)NC2CCCC2)c1. The molecule has 4 rings (SSSR count). The van der Waals surface area contributed by atoms with Crippen LogP contribution in [0, 0.1) is 6.92 Å². The molecule has 1 N–H and O–H groups in total. The van der Waals surface area contributed by atoms with Crippen LogP contribution in [0.2, 0.25) is 0 Å². The Balaban J connectivity index is 1.45. The fourth-order valence-electron chi connectivity index (χ4n) is 5.17. The van der Waals surface area contributed by atoms with E-state index in [2.05, 4.69) is 5.32 Å². The van der Waals surface area contributed by atoms with Gasteiger partial charge in [-0.3, -0.25) is 13.9 Å². The summed E-state index contributed by atoms with van der Waals surface area (Å²) in [5, 5.41) is 3.11. The van der Waals surface area contributed by atoms with Crippen molar-refractivity contribution in [2.75, 3.05) is 30.3 Å². The Hall–Kier alpha value is -3.27. The number of carbonyl (C=O) groups is 2. The van der Waals surface area contributed by atoms with Gasteiger partial charge in [0.15, 0.2) is 11.5 Å². The van der Waals surface area contributed by atoms with E-state index in [9.17, 15) is 18.0 Å². The Morgan fingerprint density at radius 2 is 1.77 bits per heavy atom. The van der Waals surface area contributed by atoms with Crippen molar-refractivity contribution < 1.29 is 27.5 Å². The standard InChI is InChI=1S/C29H39N3O6S/c1-21-8-6-9-23(18-21)20-31(22(2)29(34)30-24-10-4-5-11-24)28(33)12-7-15-32(39(3,35)36)25-13-14-26-27(19-25)38-17-16-37-26/h6,8-9,13-14,18-19,22,24H,4-5,7,10-12,15-17,20H2,1-3H3,(H,30,34). The molecule has 0 saturated heterocycles. The first-order valence-corrected chi connectivity index (χ1v) is 15.5. The van der Waals surface area contributed by atoms with Crippen molar-refractivity contribution in [1.82, 2.24) is 10.2 Å². The van der Waals surface area contributed by atoms with Gasteiger partial charge in [-0.2, -0.15) is 0 Å². The van der Waals surface area contributed by atoms with E-state index in [4.69, 9.17) is 9.47 Å². The molecule has 0 spiro atoms. The molecular weight excluding hydrogens is 518 g/mol. The van der Waals surface area contributed by atoms with Crippen LogP contribution in [0.3, 0.4) is 0 Å². The van der Waals surface area contributed by atoms with Crippen molar-refractivity contribution in [3.8, 4) is 11.5 Å². The van der Waals surface area contributed by atoms with E-state index in [-0.39, 0.29) is 30.8 Å². The molecule has 1 fully saturated rings. The fourth-order valence-corrected chi connectivity index (χ4v) is 6.13. The molecule has 0 bridgehead atoms. The molecule has 0 aromatic heterocycles. The van der Waals surface area contributed by atoms with Crippen LogP contribution < -0.4 is 19.1 Å². The summed E-state index contributed by atoms with van der Waals surface area (Å²) in [6.45, 7) is 5.01. The molecular formula is C29H39N3O6S. The van der Waals surface area contributed by atoms with E-state index >= 15 is 0 Å². The number of hydrogen-bond acceptors (Lipinski definition) is 6. The molecule has 1 unspecified atom stereocenters. The highest BCUT2D eigenvalue weighted by molar-refractivity contribution is 7.92. The van der Waals surface area contributed by atoms with Gasteiger partial charge in [0.1, 0.15) is 19.3 Å². The maximum absolute atomic E-state index is 13.5. The largest absolute Gasteiger partial charge is 0.486 e. The van der Waals surface area contributed by atoms with Gasteiger partial charge in [-0.05, 0) is 50.8 Å². The zero-order chi connectivity index (χ0) is 28.0. The Morgan fingerprint density at radius 3 is 2.46 bits per heavy atom. The van der Waals surface area contributed by atoms with Crippen molar-refractivity contribution in [3.05, 3.63) is 53.6 Å². The van der Waals surface area contributed by atoms with E-state index in [1.54, 1.807) is 30.0 Å². The van der Waals surface area contributed by atoms with E-state index in [0.29, 0.717) is 43.4 Å². The summed E-state index contributed by atoms with van der Waals surface area (Å²) >= 11 is 0. The van der Waals surface area contributed by atoms with Gasteiger partial charge in [-0.25, -0.2) is 8.42 Å². The highest BCUT2D eigenvalue weighted by atomic mass is 32.2. The smallest absolute Gasteiger partial charge is 0.242 e. The maximum atomic E-state index is 13.5.